The quantitative estimate of drug-likeness (QED) is 0.521. The van der Waals surface area contributed by atoms with Crippen molar-refractivity contribution in [3.8, 4) is 0 Å². The van der Waals surface area contributed by atoms with Gasteiger partial charge >= 0.3 is 0 Å². The van der Waals surface area contributed by atoms with E-state index >= 15 is 0 Å². The number of thiocarbonyl (C=S) groups is 1. The number of nitrogens with zero attached hydrogens (tertiary/aromatic N) is 4. The molecule has 0 aliphatic heterocycles. The van der Waals surface area contributed by atoms with Crippen LogP contribution in [0.3, 0.4) is 0 Å². The van der Waals surface area contributed by atoms with Gasteiger partial charge in [0.1, 0.15) is 0 Å². The molecule has 0 amide bonds. The van der Waals surface area contributed by atoms with Crippen molar-refractivity contribution in [2.24, 2.45) is 0 Å². The van der Waals surface area contributed by atoms with Gasteiger partial charge in [0.25, 0.3) is 0 Å². The molecule has 0 aliphatic rings. The number of nitrogens with one attached hydrogen (secondary N) is 1. The normalized spacial score (nSPS) is 10.7. The van der Waals surface area contributed by atoms with Crippen LogP contribution in [0.5, 0.6) is 0 Å². The number of pyridine rings is 1. The summed E-state index contributed by atoms with van der Waals surface area (Å²) in [5.41, 5.74) is 4.91. The molecule has 0 atom stereocenters. The minimum Gasteiger partial charge on any atom is -0.345 e. The summed E-state index contributed by atoms with van der Waals surface area (Å²) < 4.78 is 2.10. The maximum Gasteiger partial charge on any atom is 0.173 e. The molecule has 0 saturated heterocycles. The number of anilines is 1. The van der Waals surface area contributed by atoms with Crippen molar-refractivity contribution in [3.05, 3.63) is 78.1 Å². The molecule has 0 fully saturated rings. The lowest BCUT2D eigenvalue weighted by Crippen LogP contribution is -2.36. The number of rotatable bonds is 9. The van der Waals surface area contributed by atoms with Gasteiger partial charge in [-0.1, -0.05) is 38.1 Å². The lowest BCUT2D eigenvalue weighted by molar-refractivity contribution is 0.395. The summed E-state index contributed by atoms with van der Waals surface area (Å²) in [6.07, 6.45) is 12.3. The maximum absolute atomic E-state index is 5.86. The second kappa shape index (κ2) is 10.7. The fourth-order valence-corrected chi connectivity index (χ4v) is 3.67. The van der Waals surface area contributed by atoms with Crippen LogP contribution in [-0.2, 0) is 25.9 Å². The lowest BCUT2D eigenvalue weighted by Gasteiger charge is -2.27. The first-order valence-corrected chi connectivity index (χ1v) is 10.6. The molecule has 1 N–H and O–H groups in total. The first-order chi connectivity index (χ1) is 14.2. The van der Waals surface area contributed by atoms with Crippen molar-refractivity contribution in [1.82, 2.24) is 19.4 Å². The Bertz CT molecular complexity index is 871. The Morgan fingerprint density at radius 3 is 2.48 bits per heavy atom. The van der Waals surface area contributed by atoms with Crippen molar-refractivity contribution < 1.29 is 0 Å². The highest BCUT2D eigenvalue weighted by Crippen LogP contribution is 2.23. The number of imidazole rings is 1. The van der Waals surface area contributed by atoms with E-state index in [9.17, 15) is 0 Å². The summed E-state index contributed by atoms with van der Waals surface area (Å²) in [5, 5.41) is 4.32. The zero-order chi connectivity index (χ0) is 20.5. The molecule has 29 heavy (non-hydrogen) atoms. The largest absolute Gasteiger partial charge is 0.345 e. The molecule has 0 radical (unpaired) electrons. The molecule has 5 nitrogen and oxygen atoms in total. The molecule has 3 rings (SSSR count). The van der Waals surface area contributed by atoms with Gasteiger partial charge in [0.15, 0.2) is 5.11 Å². The van der Waals surface area contributed by atoms with E-state index in [0.717, 1.165) is 55.3 Å². The smallest absolute Gasteiger partial charge is 0.173 e. The van der Waals surface area contributed by atoms with Crippen LogP contribution in [0, 0.1) is 0 Å². The van der Waals surface area contributed by atoms with Gasteiger partial charge in [-0.3, -0.25) is 4.98 Å². The second-order valence-electron chi connectivity index (χ2n) is 7.03. The molecule has 0 spiro atoms. The number of aryl methyl sites for hydroxylation is 3. The first kappa shape index (κ1) is 21.0. The van der Waals surface area contributed by atoms with Crippen LogP contribution in [0.1, 0.15) is 37.0 Å². The Kier molecular flexibility index (Phi) is 7.76. The summed E-state index contributed by atoms with van der Waals surface area (Å²) in [6, 6.07) is 10.5. The van der Waals surface area contributed by atoms with Crippen molar-refractivity contribution in [2.75, 3.05) is 11.9 Å². The molecule has 2 aromatic heterocycles. The Morgan fingerprint density at radius 2 is 1.86 bits per heavy atom. The molecule has 6 heteroatoms. The molecule has 0 bridgehead atoms. The summed E-state index contributed by atoms with van der Waals surface area (Å²) in [6.45, 7) is 6.87. The highest BCUT2D eigenvalue weighted by atomic mass is 32.1. The maximum atomic E-state index is 5.86. The van der Waals surface area contributed by atoms with Gasteiger partial charge in [0, 0.05) is 50.1 Å². The van der Waals surface area contributed by atoms with Crippen LogP contribution >= 0.6 is 12.2 Å². The van der Waals surface area contributed by atoms with E-state index in [2.05, 4.69) is 62.9 Å². The van der Waals surface area contributed by atoms with Gasteiger partial charge in [-0.05, 0) is 54.2 Å². The van der Waals surface area contributed by atoms with E-state index in [1.165, 1.54) is 11.1 Å². The van der Waals surface area contributed by atoms with Crippen molar-refractivity contribution in [3.63, 3.8) is 0 Å². The van der Waals surface area contributed by atoms with Gasteiger partial charge in [-0.2, -0.15) is 0 Å². The number of benzene rings is 1. The highest BCUT2D eigenvalue weighted by Gasteiger charge is 2.14. The van der Waals surface area contributed by atoms with Crippen LogP contribution < -0.4 is 5.32 Å². The van der Waals surface area contributed by atoms with E-state index in [-0.39, 0.29) is 0 Å². The van der Waals surface area contributed by atoms with E-state index < -0.39 is 0 Å². The summed E-state index contributed by atoms with van der Waals surface area (Å²) >= 11 is 5.86. The summed E-state index contributed by atoms with van der Waals surface area (Å²) in [7, 11) is 0. The molecular weight excluding hydrogens is 378 g/mol. The third-order valence-electron chi connectivity index (χ3n) is 5.02. The zero-order valence-corrected chi connectivity index (χ0v) is 18.0. The summed E-state index contributed by atoms with van der Waals surface area (Å²) in [5.74, 6) is 0. The molecule has 1 aromatic carbocycles. The van der Waals surface area contributed by atoms with Crippen LogP contribution in [0.15, 0.2) is 61.4 Å². The van der Waals surface area contributed by atoms with Gasteiger partial charge < -0.3 is 14.8 Å². The van der Waals surface area contributed by atoms with Crippen molar-refractivity contribution in [1.29, 1.82) is 0 Å². The molecule has 0 aliphatic carbocycles. The first-order valence-electron chi connectivity index (χ1n) is 10.2. The van der Waals surface area contributed by atoms with Gasteiger partial charge in [-0.15, -0.1) is 0 Å². The zero-order valence-electron chi connectivity index (χ0n) is 17.2. The topological polar surface area (TPSA) is 46.0 Å². The SMILES string of the molecule is CCc1cccc(CC)c1NC(=S)N(CCCn1ccnc1)Cc1cccnc1. The fraction of sp³-hybridized carbons (Fsp3) is 0.348. The van der Waals surface area contributed by atoms with Gasteiger partial charge in [-0.25, -0.2) is 4.98 Å². The molecule has 152 valence electrons. The van der Waals surface area contributed by atoms with Crippen LogP contribution in [0.2, 0.25) is 0 Å². The van der Waals surface area contributed by atoms with Crippen LogP contribution in [-0.4, -0.2) is 31.1 Å². The van der Waals surface area contributed by atoms with Crippen molar-refractivity contribution >= 4 is 23.0 Å². The second-order valence-corrected chi connectivity index (χ2v) is 7.41. The lowest BCUT2D eigenvalue weighted by atomic mass is 10.0. The molecule has 0 saturated carbocycles. The van der Waals surface area contributed by atoms with Gasteiger partial charge in [0.2, 0.25) is 0 Å². The predicted molar refractivity (Wildman–Crippen MR) is 123 cm³/mol. The fourth-order valence-electron chi connectivity index (χ4n) is 3.42. The predicted octanol–water partition coefficient (Wildman–Crippen LogP) is 4.69. The monoisotopic (exact) mass is 407 g/mol. The molecular formula is C23H29N5S. The number of aromatic nitrogens is 3. The third kappa shape index (κ3) is 5.87. The Morgan fingerprint density at radius 1 is 1.07 bits per heavy atom. The average molecular weight is 408 g/mol. The highest BCUT2D eigenvalue weighted by molar-refractivity contribution is 7.80. The Balaban J connectivity index is 1.74. The standard InChI is InChI=1S/C23H29N5S/c1-3-20-9-5-10-21(4-2)22(20)26-23(29)28(17-19-8-6-11-24-16-19)14-7-13-27-15-12-25-18-27/h5-6,8-12,15-16,18H,3-4,7,13-14,17H2,1-2H3,(H,26,29). The number of hydrogen-bond donors (Lipinski definition) is 1. The molecule has 2 heterocycles. The Labute approximate surface area is 178 Å². The minimum atomic E-state index is 0.735. The van der Waals surface area contributed by atoms with E-state index in [1.807, 2.05) is 31.0 Å². The number of para-hydroxylation sites is 1. The molecule has 3 aromatic rings. The molecule has 0 unspecified atom stereocenters. The van der Waals surface area contributed by atoms with Crippen LogP contribution in [0.25, 0.3) is 0 Å². The van der Waals surface area contributed by atoms with Crippen LogP contribution in [0.4, 0.5) is 5.69 Å². The van der Waals surface area contributed by atoms with E-state index in [1.54, 1.807) is 6.20 Å². The number of hydrogen-bond acceptors (Lipinski definition) is 3. The van der Waals surface area contributed by atoms with Gasteiger partial charge in [0.05, 0.1) is 6.33 Å². The Hall–Kier alpha value is -2.73. The minimum absolute atomic E-state index is 0.735. The summed E-state index contributed by atoms with van der Waals surface area (Å²) in [4.78, 5) is 10.6. The third-order valence-corrected chi connectivity index (χ3v) is 5.38. The average Bonchev–Trinajstić information content (AvgIpc) is 3.27. The van der Waals surface area contributed by atoms with E-state index in [4.69, 9.17) is 12.2 Å². The van der Waals surface area contributed by atoms with Crippen molar-refractivity contribution in [2.45, 2.75) is 46.2 Å². The van der Waals surface area contributed by atoms with E-state index in [0.29, 0.717) is 0 Å².